The van der Waals surface area contributed by atoms with E-state index >= 15 is 0 Å². The molecule has 0 bridgehead atoms. The highest BCUT2D eigenvalue weighted by Gasteiger charge is 2.33. The van der Waals surface area contributed by atoms with E-state index in [0.717, 1.165) is 12.1 Å². The van der Waals surface area contributed by atoms with Gasteiger partial charge in [0.05, 0.1) is 12.5 Å². The maximum absolute atomic E-state index is 12.4. The summed E-state index contributed by atoms with van der Waals surface area (Å²) in [4.78, 5) is 28.2. The van der Waals surface area contributed by atoms with Crippen LogP contribution in [0.4, 0.5) is 0 Å². The molecule has 1 atom stereocenters. The van der Waals surface area contributed by atoms with Gasteiger partial charge in [0.1, 0.15) is 5.69 Å². The van der Waals surface area contributed by atoms with Crippen molar-refractivity contribution in [3.63, 3.8) is 0 Å². The molecule has 7 heteroatoms. The van der Waals surface area contributed by atoms with Crippen molar-refractivity contribution in [2.45, 2.75) is 19.9 Å². The summed E-state index contributed by atoms with van der Waals surface area (Å²) >= 11 is 0. The van der Waals surface area contributed by atoms with E-state index in [2.05, 4.69) is 10.5 Å². The van der Waals surface area contributed by atoms with Crippen molar-refractivity contribution >= 4 is 11.8 Å². The fourth-order valence-corrected chi connectivity index (χ4v) is 3.06. The Kier molecular flexibility index (Phi) is 5.91. The molecule has 1 aromatic carbocycles. The van der Waals surface area contributed by atoms with E-state index in [4.69, 9.17) is 4.52 Å². The van der Waals surface area contributed by atoms with Crippen LogP contribution in [0.1, 0.15) is 17.7 Å². The van der Waals surface area contributed by atoms with Crippen LogP contribution in [0.2, 0.25) is 0 Å². The summed E-state index contributed by atoms with van der Waals surface area (Å²) in [7, 11) is 3.93. The lowest BCUT2D eigenvalue weighted by Crippen LogP contribution is -2.35. The van der Waals surface area contributed by atoms with Gasteiger partial charge >= 0.3 is 0 Å². The largest absolute Gasteiger partial charge is 0.356 e. The molecule has 7 nitrogen and oxygen atoms in total. The first-order valence-electron chi connectivity index (χ1n) is 9.15. The number of rotatable bonds is 7. The van der Waals surface area contributed by atoms with Crippen LogP contribution < -0.4 is 5.32 Å². The zero-order chi connectivity index (χ0) is 19.4. The summed E-state index contributed by atoms with van der Waals surface area (Å²) in [5.41, 5.74) is 2.79. The topological polar surface area (TPSA) is 78.7 Å². The zero-order valence-electron chi connectivity index (χ0n) is 16.1. The number of nitrogens with one attached hydrogen (secondary N) is 1. The maximum Gasteiger partial charge on any atom is 0.225 e. The second-order valence-electron chi connectivity index (χ2n) is 7.31. The Morgan fingerprint density at radius 3 is 2.78 bits per heavy atom. The molecule has 2 amide bonds. The molecule has 0 saturated carbocycles. The molecule has 1 aromatic heterocycles. The van der Waals surface area contributed by atoms with Crippen molar-refractivity contribution in [1.82, 2.24) is 20.3 Å². The zero-order valence-corrected chi connectivity index (χ0v) is 16.1. The first-order chi connectivity index (χ1) is 12.9. The summed E-state index contributed by atoms with van der Waals surface area (Å²) < 4.78 is 5.37. The number of likely N-dealkylation sites (N-methyl/N-ethyl adjacent to an activating group) is 1. The van der Waals surface area contributed by atoms with Crippen LogP contribution in [0.15, 0.2) is 34.9 Å². The quantitative estimate of drug-likeness (QED) is 0.802. The number of benzene rings is 1. The molecular weight excluding hydrogens is 344 g/mol. The van der Waals surface area contributed by atoms with Crippen molar-refractivity contribution in [3.8, 4) is 11.3 Å². The monoisotopic (exact) mass is 370 g/mol. The smallest absolute Gasteiger partial charge is 0.225 e. The number of hydrogen-bond donors (Lipinski definition) is 1. The minimum Gasteiger partial charge on any atom is -0.356 e. The molecule has 0 spiro atoms. The van der Waals surface area contributed by atoms with Gasteiger partial charge in [0.2, 0.25) is 11.8 Å². The van der Waals surface area contributed by atoms with Crippen molar-refractivity contribution in [3.05, 3.63) is 41.6 Å². The van der Waals surface area contributed by atoms with E-state index in [9.17, 15) is 9.59 Å². The lowest BCUT2D eigenvalue weighted by molar-refractivity contribution is -0.129. The molecule has 2 heterocycles. The molecule has 1 aliphatic rings. The Hall–Kier alpha value is -2.67. The van der Waals surface area contributed by atoms with Crippen LogP contribution in [-0.2, 0) is 16.1 Å². The van der Waals surface area contributed by atoms with Gasteiger partial charge in [-0.2, -0.15) is 0 Å². The minimum atomic E-state index is -0.303. The highest BCUT2D eigenvalue weighted by molar-refractivity contribution is 5.89. The van der Waals surface area contributed by atoms with Crippen LogP contribution in [-0.4, -0.2) is 60.5 Å². The van der Waals surface area contributed by atoms with Gasteiger partial charge < -0.3 is 19.6 Å². The molecule has 0 aliphatic carbocycles. The number of amides is 2. The fourth-order valence-electron chi connectivity index (χ4n) is 3.06. The third-order valence-electron chi connectivity index (χ3n) is 4.74. The van der Waals surface area contributed by atoms with E-state index in [0.29, 0.717) is 24.5 Å². The van der Waals surface area contributed by atoms with Gasteiger partial charge in [0.25, 0.3) is 0 Å². The Bertz CT molecular complexity index is 798. The molecule has 27 heavy (non-hydrogen) atoms. The summed E-state index contributed by atoms with van der Waals surface area (Å²) in [6.07, 6.45) is 0.271. The molecule has 1 unspecified atom stereocenters. The van der Waals surface area contributed by atoms with E-state index in [-0.39, 0.29) is 30.7 Å². The molecule has 2 aromatic rings. The first kappa shape index (κ1) is 19.1. The molecule has 144 valence electrons. The molecule has 1 saturated heterocycles. The lowest BCUT2D eigenvalue weighted by atomic mass is 10.1. The molecule has 0 radical (unpaired) electrons. The maximum atomic E-state index is 12.4. The van der Waals surface area contributed by atoms with Gasteiger partial charge in [-0.3, -0.25) is 9.59 Å². The predicted octanol–water partition coefficient (Wildman–Crippen LogP) is 1.68. The second kappa shape index (κ2) is 8.35. The second-order valence-corrected chi connectivity index (χ2v) is 7.31. The molecular formula is C20H26N4O3. The van der Waals surface area contributed by atoms with E-state index in [1.807, 2.05) is 56.3 Å². The first-order valence-corrected chi connectivity index (χ1v) is 9.15. The van der Waals surface area contributed by atoms with Crippen molar-refractivity contribution < 1.29 is 14.1 Å². The molecule has 1 fully saturated rings. The summed E-state index contributed by atoms with van der Waals surface area (Å²) in [5.74, 6) is 0.295. The average molecular weight is 370 g/mol. The van der Waals surface area contributed by atoms with Gasteiger partial charge in [-0.05, 0) is 21.0 Å². The third-order valence-corrected chi connectivity index (χ3v) is 4.74. The van der Waals surface area contributed by atoms with Gasteiger partial charge in [-0.25, -0.2) is 0 Å². The number of aryl methyl sites for hydroxylation is 1. The predicted molar refractivity (Wildman–Crippen MR) is 102 cm³/mol. The number of nitrogens with zero attached hydrogens (tertiary/aromatic N) is 3. The highest BCUT2D eigenvalue weighted by Crippen LogP contribution is 2.21. The van der Waals surface area contributed by atoms with Crippen LogP contribution in [0.25, 0.3) is 11.3 Å². The minimum absolute atomic E-state index is 0.0418. The van der Waals surface area contributed by atoms with E-state index < -0.39 is 0 Å². The Morgan fingerprint density at radius 2 is 2.07 bits per heavy atom. The number of carbonyl (C=O) groups is 2. The third kappa shape index (κ3) is 4.95. The van der Waals surface area contributed by atoms with Crippen LogP contribution >= 0.6 is 0 Å². The normalized spacial score (nSPS) is 17.0. The standard InChI is InChI=1S/C20H26N4O3/c1-14-4-6-15(7-5-14)18-11-17(22-27-18)12-21-20(26)16-10-19(25)24(13-16)9-8-23(2)3/h4-7,11,16H,8-10,12-13H2,1-3H3,(H,21,26). The average Bonchev–Trinajstić information content (AvgIpc) is 3.25. The summed E-state index contributed by atoms with van der Waals surface area (Å²) in [6.45, 7) is 4.24. The van der Waals surface area contributed by atoms with Gasteiger partial charge in [-0.1, -0.05) is 35.0 Å². The van der Waals surface area contributed by atoms with Gasteiger partial charge in [0.15, 0.2) is 5.76 Å². The number of likely N-dealkylation sites (tertiary alicyclic amines) is 1. The van der Waals surface area contributed by atoms with Crippen LogP contribution in [0.5, 0.6) is 0 Å². The molecule has 1 aliphatic heterocycles. The lowest BCUT2D eigenvalue weighted by Gasteiger charge is -2.19. The fraction of sp³-hybridized carbons (Fsp3) is 0.450. The molecule has 1 N–H and O–H groups in total. The Morgan fingerprint density at radius 1 is 1.33 bits per heavy atom. The number of hydrogen-bond acceptors (Lipinski definition) is 5. The van der Waals surface area contributed by atoms with Crippen molar-refractivity contribution in [2.75, 3.05) is 33.7 Å². The Labute approximate surface area is 159 Å². The SMILES string of the molecule is Cc1ccc(-c2cc(CNC(=O)C3CC(=O)N(CCN(C)C)C3)no2)cc1. The van der Waals surface area contributed by atoms with Crippen LogP contribution in [0, 0.1) is 12.8 Å². The summed E-state index contributed by atoms with van der Waals surface area (Å²) in [6, 6.07) is 9.81. The molecule has 3 rings (SSSR count). The highest BCUT2D eigenvalue weighted by atomic mass is 16.5. The number of carbonyl (C=O) groups excluding carboxylic acids is 2. The van der Waals surface area contributed by atoms with Crippen molar-refractivity contribution in [1.29, 1.82) is 0 Å². The Balaban J connectivity index is 1.51. The van der Waals surface area contributed by atoms with E-state index in [1.165, 1.54) is 5.56 Å². The van der Waals surface area contributed by atoms with Crippen molar-refractivity contribution in [2.24, 2.45) is 5.92 Å². The summed E-state index contributed by atoms with van der Waals surface area (Å²) in [5, 5.41) is 6.89. The van der Waals surface area contributed by atoms with Gasteiger partial charge in [0, 0.05) is 37.7 Å². The van der Waals surface area contributed by atoms with Crippen LogP contribution in [0.3, 0.4) is 0 Å². The number of aromatic nitrogens is 1. The van der Waals surface area contributed by atoms with E-state index in [1.54, 1.807) is 4.90 Å². The van der Waals surface area contributed by atoms with Gasteiger partial charge in [-0.15, -0.1) is 0 Å².